The largest absolute Gasteiger partial charge is 0.331 e. The maximum absolute atomic E-state index is 13.8. The fraction of sp³-hybridized carbons (Fsp3) is 0. The molecule has 0 saturated heterocycles. The molecule has 0 spiro atoms. The molecule has 0 fully saturated rings. The number of carbonyl (C=O) groups excluding carboxylic acids is 1. The predicted molar refractivity (Wildman–Crippen MR) is 98.9 cm³/mol. The lowest BCUT2D eigenvalue weighted by atomic mass is 10.1. The number of hydrogen-bond donors (Lipinski definition) is 3. The zero-order valence-corrected chi connectivity index (χ0v) is 14.1. The number of hydrogen-bond acceptors (Lipinski definition) is 4. The normalized spacial score (nSPS) is 10.8. The number of rotatable bonds is 3. The van der Waals surface area contributed by atoms with Crippen molar-refractivity contribution in [1.29, 1.82) is 0 Å². The second kappa shape index (κ2) is 6.49. The number of carbonyl (C=O) groups is 1. The van der Waals surface area contributed by atoms with E-state index < -0.39 is 11.7 Å². The highest BCUT2D eigenvalue weighted by Crippen LogP contribution is 2.20. The number of amides is 1. The van der Waals surface area contributed by atoms with Crippen molar-refractivity contribution in [2.24, 2.45) is 0 Å². The Labute approximate surface area is 152 Å². The summed E-state index contributed by atoms with van der Waals surface area (Å²) in [6.45, 7) is 0. The van der Waals surface area contributed by atoms with E-state index in [1.807, 2.05) is 30.3 Å². The van der Waals surface area contributed by atoms with Crippen molar-refractivity contribution in [3.8, 4) is 11.4 Å². The van der Waals surface area contributed by atoms with Crippen molar-refractivity contribution >= 4 is 34.8 Å². The molecule has 4 aromatic rings. The first-order valence-electron chi connectivity index (χ1n) is 7.70. The summed E-state index contributed by atoms with van der Waals surface area (Å²) in [4.78, 5) is 26.7. The van der Waals surface area contributed by atoms with Crippen LogP contribution in [0.25, 0.3) is 22.4 Å². The Morgan fingerprint density at radius 1 is 1.08 bits per heavy atom. The van der Waals surface area contributed by atoms with Gasteiger partial charge in [0, 0.05) is 5.56 Å². The third-order valence-corrected chi connectivity index (χ3v) is 3.98. The number of H-pyrrole nitrogens is 2. The van der Waals surface area contributed by atoms with Crippen molar-refractivity contribution in [2.45, 2.75) is 0 Å². The first-order valence-corrected chi connectivity index (χ1v) is 8.11. The summed E-state index contributed by atoms with van der Waals surface area (Å²) in [5.41, 5.74) is 2.28. The van der Waals surface area contributed by atoms with Gasteiger partial charge in [0.15, 0.2) is 10.6 Å². The number of aromatic nitrogens is 4. The van der Waals surface area contributed by atoms with E-state index in [4.69, 9.17) is 12.2 Å². The molecule has 128 valence electrons. The number of nitrogens with one attached hydrogen (secondary N) is 3. The van der Waals surface area contributed by atoms with Crippen LogP contribution >= 0.6 is 12.2 Å². The van der Waals surface area contributed by atoms with E-state index in [1.54, 1.807) is 0 Å². The second-order valence-electron chi connectivity index (χ2n) is 5.57. The number of anilines is 1. The Bertz CT molecular complexity index is 1150. The lowest BCUT2D eigenvalue weighted by molar-refractivity contribution is 0.102. The van der Waals surface area contributed by atoms with Gasteiger partial charge >= 0.3 is 0 Å². The van der Waals surface area contributed by atoms with Crippen LogP contribution in [0.3, 0.4) is 0 Å². The van der Waals surface area contributed by atoms with Crippen LogP contribution in [-0.4, -0.2) is 25.8 Å². The third-order valence-electron chi connectivity index (χ3n) is 3.78. The molecule has 2 aromatic carbocycles. The molecule has 0 aliphatic rings. The average molecular weight is 365 g/mol. The van der Waals surface area contributed by atoms with Crippen LogP contribution in [0.1, 0.15) is 10.4 Å². The highest BCUT2D eigenvalue weighted by molar-refractivity contribution is 7.71. The third kappa shape index (κ3) is 3.09. The van der Waals surface area contributed by atoms with Gasteiger partial charge in [-0.2, -0.15) is 0 Å². The molecule has 8 heteroatoms. The Morgan fingerprint density at radius 3 is 2.54 bits per heavy atom. The summed E-state index contributed by atoms with van der Waals surface area (Å²) in [6, 6.07) is 11.9. The molecule has 4 rings (SSSR count). The SMILES string of the molecule is O=C(Nc1cnc(-c2ccccc2)nc1)c1cc(F)cc2[nH]c(=S)[nH]c12. The summed E-state index contributed by atoms with van der Waals surface area (Å²) in [6.07, 6.45) is 3.01. The first-order chi connectivity index (χ1) is 12.6. The summed E-state index contributed by atoms with van der Waals surface area (Å²) in [5, 5.41) is 2.67. The van der Waals surface area contributed by atoms with Gasteiger partial charge in [0.05, 0.1) is 34.7 Å². The molecule has 0 atom stereocenters. The number of aromatic amines is 2. The fourth-order valence-corrected chi connectivity index (χ4v) is 2.83. The van der Waals surface area contributed by atoms with E-state index in [1.165, 1.54) is 18.5 Å². The van der Waals surface area contributed by atoms with E-state index in [0.717, 1.165) is 11.6 Å². The molecule has 2 heterocycles. The minimum atomic E-state index is -0.538. The molecule has 6 nitrogen and oxygen atoms in total. The van der Waals surface area contributed by atoms with Gasteiger partial charge in [-0.3, -0.25) is 4.79 Å². The lowest BCUT2D eigenvalue weighted by Crippen LogP contribution is -2.13. The smallest absolute Gasteiger partial charge is 0.258 e. The Hall–Kier alpha value is -3.39. The summed E-state index contributed by atoms with van der Waals surface area (Å²) in [7, 11) is 0. The van der Waals surface area contributed by atoms with Gasteiger partial charge in [-0.15, -0.1) is 0 Å². The van der Waals surface area contributed by atoms with Gasteiger partial charge in [0.1, 0.15) is 5.82 Å². The van der Waals surface area contributed by atoms with Crippen LogP contribution in [0, 0.1) is 10.6 Å². The molecule has 0 saturated carbocycles. The van der Waals surface area contributed by atoms with E-state index in [9.17, 15) is 9.18 Å². The summed E-state index contributed by atoms with van der Waals surface area (Å²) >= 11 is 5.01. The highest BCUT2D eigenvalue weighted by Gasteiger charge is 2.15. The maximum Gasteiger partial charge on any atom is 0.258 e. The van der Waals surface area contributed by atoms with E-state index in [-0.39, 0.29) is 5.56 Å². The molecule has 26 heavy (non-hydrogen) atoms. The van der Waals surface area contributed by atoms with Gasteiger partial charge in [0.2, 0.25) is 0 Å². The van der Waals surface area contributed by atoms with Gasteiger partial charge in [-0.25, -0.2) is 14.4 Å². The van der Waals surface area contributed by atoms with Crippen molar-refractivity contribution in [3.63, 3.8) is 0 Å². The molecule has 3 N–H and O–H groups in total. The van der Waals surface area contributed by atoms with E-state index in [0.29, 0.717) is 27.3 Å². The molecule has 1 amide bonds. The van der Waals surface area contributed by atoms with Gasteiger partial charge in [-0.1, -0.05) is 30.3 Å². The Balaban J connectivity index is 1.62. The lowest BCUT2D eigenvalue weighted by Gasteiger charge is -2.07. The van der Waals surface area contributed by atoms with E-state index in [2.05, 4.69) is 25.3 Å². The molecule has 0 aliphatic heterocycles. The molecular formula is C18H12FN5OS. The van der Waals surface area contributed by atoms with Crippen LogP contribution in [-0.2, 0) is 0 Å². The highest BCUT2D eigenvalue weighted by atomic mass is 32.1. The van der Waals surface area contributed by atoms with Gasteiger partial charge in [-0.05, 0) is 24.4 Å². The van der Waals surface area contributed by atoms with Crippen LogP contribution in [0.4, 0.5) is 10.1 Å². The minimum Gasteiger partial charge on any atom is -0.331 e. The number of halogens is 1. The molecule has 0 unspecified atom stereocenters. The monoisotopic (exact) mass is 365 g/mol. The molecule has 0 bridgehead atoms. The number of nitrogens with zero attached hydrogens (tertiary/aromatic N) is 2. The Morgan fingerprint density at radius 2 is 1.81 bits per heavy atom. The van der Waals surface area contributed by atoms with Crippen molar-refractivity contribution in [2.75, 3.05) is 5.32 Å². The molecule has 0 aliphatic carbocycles. The molecule has 0 radical (unpaired) electrons. The standard InChI is InChI=1S/C18H12FN5OS/c19-11-6-13(15-14(7-11)23-18(26)24-15)17(25)22-12-8-20-16(21-9-12)10-4-2-1-3-5-10/h1-9H,(H,22,25)(H2,23,24,26). The van der Waals surface area contributed by atoms with Crippen LogP contribution in [0.15, 0.2) is 54.9 Å². The minimum absolute atomic E-state index is 0.138. The molecular weight excluding hydrogens is 353 g/mol. The second-order valence-corrected chi connectivity index (χ2v) is 5.98. The average Bonchev–Trinajstić information content (AvgIpc) is 3.02. The van der Waals surface area contributed by atoms with E-state index >= 15 is 0 Å². The molecule has 2 aromatic heterocycles. The summed E-state index contributed by atoms with van der Waals surface area (Å²) in [5.74, 6) is -0.481. The number of imidazole rings is 1. The first kappa shape index (κ1) is 16.1. The van der Waals surface area contributed by atoms with Crippen molar-refractivity contribution in [1.82, 2.24) is 19.9 Å². The maximum atomic E-state index is 13.8. The van der Waals surface area contributed by atoms with Crippen LogP contribution in [0.2, 0.25) is 0 Å². The van der Waals surface area contributed by atoms with Gasteiger partial charge in [0.25, 0.3) is 5.91 Å². The van der Waals surface area contributed by atoms with Crippen LogP contribution < -0.4 is 5.32 Å². The van der Waals surface area contributed by atoms with Crippen LogP contribution in [0.5, 0.6) is 0 Å². The predicted octanol–water partition coefficient (Wildman–Crippen LogP) is 4.07. The van der Waals surface area contributed by atoms with Crippen molar-refractivity contribution < 1.29 is 9.18 Å². The zero-order valence-electron chi connectivity index (χ0n) is 13.3. The number of benzene rings is 2. The Kier molecular flexibility index (Phi) is 4.02. The quantitative estimate of drug-likeness (QED) is 0.478. The fourth-order valence-electron chi connectivity index (χ4n) is 2.61. The topological polar surface area (TPSA) is 86.5 Å². The zero-order chi connectivity index (χ0) is 18.1. The number of fused-ring (bicyclic) bond motifs is 1. The summed E-state index contributed by atoms with van der Waals surface area (Å²) < 4.78 is 14.1. The van der Waals surface area contributed by atoms with Crippen molar-refractivity contribution in [3.05, 3.63) is 71.0 Å². The van der Waals surface area contributed by atoms with Gasteiger partial charge < -0.3 is 15.3 Å².